The Bertz CT molecular complexity index is 185. The molecular weight excluding hydrogens is 186 g/mol. The molecule has 0 heterocycles. The Hall–Kier alpha value is -1.14. The summed E-state index contributed by atoms with van der Waals surface area (Å²) in [6.07, 6.45) is 1.99. The number of aliphatic hydroxyl groups is 1. The van der Waals surface area contributed by atoms with E-state index in [0.717, 1.165) is 0 Å². The maximum atomic E-state index is 11.0. The van der Waals surface area contributed by atoms with Gasteiger partial charge >= 0.3 is 0 Å². The molecule has 0 fully saturated rings. The molecule has 0 saturated heterocycles. The lowest BCUT2D eigenvalue weighted by Gasteiger charge is -2.02. The number of aliphatic hydroxyl groups excluding tert-OH is 1. The third-order valence-electron chi connectivity index (χ3n) is 1.65. The maximum absolute atomic E-state index is 11.0. The number of unbranched alkanes of at least 4 members (excludes halogenated alkanes) is 1. The first kappa shape index (κ1) is 12.9. The van der Waals surface area contributed by atoms with Gasteiger partial charge < -0.3 is 10.4 Å². The van der Waals surface area contributed by atoms with Gasteiger partial charge in [0.15, 0.2) is 0 Å². The molecule has 0 aliphatic carbocycles. The van der Waals surface area contributed by atoms with Gasteiger partial charge in [-0.05, 0) is 12.8 Å². The van der Waals surface area contributed by atoms with E-state index in [1.807, 2.05) is 5.43 Å². The van der Waals surface area contributed by atoms with E-state index >= 15 is 0 Å². The summed E-state index contributed by atoms with van der Waals surface area (Å²) in [5, 5.41) is 10.9. The zero-order valence-electron chi connectivity index (χ0n) is 8.08. The topological polar surface area (TPSA) is 104 Å². The van der Waals surface area contributed by atoms with E-state index in [0.29, 0.717) is 25.7 Å². The highest BCUT2D eigenvalue weighted by Gasteiger charge is 2.01. The number of carbonyl (C=O) groups is 2. The van der Waals surface area contributed by atoms with E-state index < -0.39 is 0 Å². The average Bonchev–Trinajstić information content (AvgIpc) is 2.21. The van der Waals surface area contributed by atoms with Crippen molar-refractivity contribution in [2.75, 3.05) is 13.2 Å². The summed E-state index contributed by atoms with van der Waals surface area (Å²) < 4.78 is 0. The summed E-state index contributed by atoms with van der Waals surface area (Å²) in [6.45, 7) is 0.226. The van der Waals surface area contributed by atoms with Gasteiger partial charge in [-0.25, -0.2) is 5.84 Å². The molecule has 0 aliphatic rings. The van der Waals surface area contributed by atoms with Crippen LogP contribution in [0.15, 0.2) is 0 Å². The molecule has 0 aromatic heterocycles. The molecule has 0 atom stereocenters. The molecule has 2 amide bonds. The number of hydrogen-bond acceptors (Lipinski definition) is 4. The summed E-state index contributed by atoms with van der Waals surface area (Å²) >= 11 is 0. The lowest BCUT2D eigenvalue weighted by molar-refractivity contribution is -0.123. The van der Waals surface area contributed by atoms with Crippen LogP contribution in [0, 0.1) is 0 Å². The van der Waals surface area contributed by atoms with Crippen LogP contribution in [0.5, 0.6) is 0 Å². The predicted octanol–water partition coefficient (Wildman–Crippen LogP) is -1.35. The molecule has 0 unspecified atom stereocenters. The molecule has 82 valence electrons. The Morgan fingerprint density at radius 2 is 1.71 bits per heavy atom. The van der Waals surface area contributed by atoms with Crippen molar-refractivity contribution in [3.05, 3.63) is 0 Å². The van der Waals surface area contributed by atoms with Crippen LogP contribution in [0.25, 0.3) is 0 Å². The first-order valence-electron chi connectivity index (χ1n) is 4.57. The third kappa shape index (κ3) is 7.51. The number of carbonyl (C=O) groups excluding carboxylic acids is 2. The Balaban J connectivity index is 3.27. The fourth-order valence-electron chi connectivity index (χ4n) is 0.927. The highest BCUT2D eigenvalue weighted by atomic mass is 16.3. The zero-order chi connectivity index (χ0) is 10.8. The first-order valence-corrected chi connectivity index (χ1v) is 4.57. The van der Waals surface area contributed by atoms with Crippen molar-refractivity contribution >= 4 is 11.8 Å². The SMILES string of the molecule is NNC(=O)CCCCC(=O)NCCO. The minimum Gasteiger partial charge on any atom is -0.395 e. The van der Waals surface area contributed by atoms with E-state index in [2.05, 4.69) is 5.32 Å². The smallest absolute Gasteiger partial charge is 0.233 e. The van der Waals surface area contributed by atoms with Gasteiger partial charge in [0.25, 0.3) is 0 Å². The van der Waals surface area contributed by atoms with Gasteiger partial charge in [0.2, 0.25) is 11.8 Å². The molecule has 0 saturated carbocycles. The molecule has 6 heteroatoms. The van der Waals surface area contributed by atoms with Gasteiger partial charge in [0, 0.05) is 19.4 Å². The maximum Gasteiger partial charge on any atom is 0.233 e. The lowest BCUT2D eigenvalue weighted by Crippen LogP contribution is -2.29. The van der Waals surface area contributed by atoms with Crippen molar-refractivity contribution in [1.82, 2.24) is 10.7 Å². The normalized spacial score (nSPS) is 9.57. The molecule has 0 aromatic rings. The standard InChI is InChI=1S/C8H17N3O3/c9-11-8(14)4-2-1-3-7(13)10-5-6-12/h12H,1-6,9H2,(H,10,13)(H,11,14). The fraction of sp³-hybridized carbons (Fsp3) is 0.750. The van der Waals surface area contributed by atoms with Gasteiger partial charge in [0.05, 0.1) is 6.61 Å². The number of hydrogen-bond donors (Lipinski definition) is 4. The number of nitrogens with one attached hydrogen (secondary N) is 2. The second-order valence-electron chi connectivity index (χ2n) is 2.85. The van der Waals surface area contributed by atoms with Crippen molar-refractivity contribution < 1.29 is 14.7 Å². The number of rotatable bonds is 7. The molecule has 0 radical (unpaired) electrons. The van der Waals surface area contributed by atoms with Crippen LogP contribution in [0.4, 0.5) is 0 Å². The van der Waals surface area contributed by atoms with Gasteiger partial charge in [-0.3, -0.25) is 15.0 Å². The third-order valence-corrected chi connectivity index (χ3v) is 1.65. The fourth-order valence-corrected chi connectivity index (χ4v) is 0.927. The largest absolute Gasteiger partial charge is 0.395 e. The van der Waals surface area contributed by atoms with Crippen LogP contribution >= 0.6 is 0 Å². The Morgan fingerprint density at radius 3 is 2.21 bits per heavy atom. The van der Waals surface area contributed by atoms with Gasteiger partial charge in [0.1, 0.15) is 0 Å². The molecular formula is C8H17N3O3. The second-order valence-corrected chi connectivity index (χ2v) is 2.85. The van der Waals surface area contributed by atoms with Crippen LogP contribution in [0.1, 0.15) is 25.7 Å². The summed E-state index contributed by atoms with van der Waals surface area (Å²) in [6, 6.07) is 0. The number of hydrazine groups is 1. The van der Waals surface area contributed by atoms with Crippen molar-refractivity contribution in [3.8, 4) is 0 Å². The molecule has 5 N–H and O–H groups in total. The Morgan fingerprint density at radius 1 is 1.14 bits per heavy atom. The predicted molar refractivity (Wildman–Crippen MR) is 50.9 cm³/mol. The van der Waals surface area contributed by atoms with E-state index in [1.165, 1.54) is 0 Å². The lowest BCUT2D eigenvalue weighted by atomic mass is 10.2. The highest BCUT2D eigenvalue weighted by Crippen LogP contribution is 1.98. The summed E-state index contributed by atoms with van der Waals surface area (Å²) in [5.41, 5.74) is 2.01. The van der Waals surface area contributed by atoms with Crippen LogP contribution < -0.4 is 16.6 Å². The monoisotopic (exact) mass is 203 g/mol. The average molecular weight is 203 g/mol. The van der Waals surface area contributed by atoms with Gasteiger partial charge in [-0.2, -0.15) is 0 Å². The molecule has 14 heavy (non-hydrogen) atoms. The van der Waals surface area contributed by atoms with Gasteiger partial charge in [-0.1, -0.05) is 0 Å². The van der Waals surface area contributed by atoms with Crippen molar-refractivity contribution in [2.24, 2.45) is 5.84 Å². The zero-order valence-corrected chi connectivity index (χ0v) is 8.08. The van der Waals surface area contributed by atoms with E-state index in [1.54, 1.807) is 0 Å². The molecule has 0 aliphatic heterocycles. The van der Waals surface area contributed by atoms with E-state index in [9.17, 15) is 9.59 Å². The van der Waals surface area contributed by atoms with Crippen LogP contribution in [0.3, 0.4) is 0 Å². The quantitative estimate of drug-likeness (QED) is 0.178. The van der Waals surface area contributed by atoms with Crippen molar-refractivity contribution in [2.45, 2.75) is 25.7 Å². The minimum absolute atomic E-state index is 0.0542. The summed E-state index contributed by atoms with van der Waals surface area (Å²) in [5.74, 6) is 4.55. The van der Waals surface area contributed by atoms with E-state index in [-0.39, 0.29) is 25.0 Å². The van der Waals surface area contributed by atoms with Gasteiger partial charge in [-0.15, -0.1) is 0 Å². The number of nitrogens with two attached hydrogens (primary N) is 1. The second kappa shape index (κ2) is 8.46. The Kier molecular flexibility index (Phi) is 7.77. The molecule has 0 aromatic carbocycles. The van der Waals surface area contributed by atoms with Crippen molar-refractivity contribution in [1.29, 1.82) is 0 Å². The van der Waals surface area contributed by atoms with Crippen molar-refractivity contribution in [3.63, 3.8) is 0 Å². The summed E-state index contributed by atoms with van der Waals surface area (Å²) in [7, 11) is 0. The molecule has 0 rings (SSSR count). The minimum atomic E-state index is -0.222. The summed E-state index contributed by atoms with van der Waals surface area (Å²) in [4.78, 5) is 21.6. The Labute approximate surface area is 82.8 Å². The van der Waals surface area contributed by atoms with E-state index in [4.69, 9.17) is 10.9 Å². The van der Waals surface area contributed by atoms with Crippen LogP contribution in [-0.2, 0) is 9.59 Å². The van der Waals surface area contributed by atoms with Crippen LogP contribution in [-0.4, -0.2) is 30.1 Å². The number of amides is 2. The first-order chi connectivity index (χ1) is 6.70. The molecule has 6 nitrogen and oxygen atoms in total. The molecule has 0 spiro atoms. The highest BCUT2D eigenvalue weighted by molar-refractivity contribution is 5.76. The van der Waals surface area contributed by atoms with Crippen LogP contribution in [0.2, 0.25) is 0 Å². The molecule has 0 bridgehead atoms.